The van der Waals surface area contributed by atoms with Gasteiger partial charge in [0.2, 0.25) is 0 Å². The molecule has 3 nitrogen and oxygen atoms in total. The van der Waals surface area contributed by atoms with Gasteiger partial charge in [-0.25, -0.2) is 0 Å². The number of alkyl halides is 3. The number of carbonyl (C=O) groups excluding carboxylic acids is 1. The number of nitrogens with one attached hydrogen (secondary N) is 1. The minimum atomic E-state index is -4.39. The molecule has 1 heterocycles. The molecule has 2 rings (SSSR count). The highest BCUT2D eigenvalue weighted by atomic mass is 79.9. The van der Waals surface area contributed by atoms with Crippen LogP contribution in [0.5, 0.6) is 0 Å². The van der Waals surface area contributed by atoms with E-state index < -0.39 is 18.6 Å². The van der Waals surface area contributed by atoms with E-state index >= 15 is 0 Å². The maximum Gasteiger partial charge on any atom is 0.406 e. The Morgan fingerprint density at radius 3 is 2.67 bits per heavy atom. The third-order valence-electron chi connectivity index (χ3n) is 2.59. The summed E-state index contributed by atoms with van der Waals surface area (Å²) in [6.45, 7) is -1.22. The van der Waals surface area contributed by atoms with Crippen LogP contribution in [0.25, 0.3) is 0 Å². The Morgan fingerprint density at radius 2 is 2.05 bits per heavy atom. The summed E-state index contributed by atoms with van der Waals surface area (Å²) in [7, 11) is 0. The van der Waals surface area contributed by atoms with Crippen molar-refractivity contribution in [1.82, 2.24) is 4.57 Å². The molecule has 0 aliphatic carbocycles. The maximum absolute atomic E-state index is 12.4. The van der Waals surface area contributed by atoms with E-state index in [9.17, 15) is 18.0 Å². The second kappa shape index (κ2) is 6.11. The molecule has 0 bridgehead atoms. The SMILES string of the molecule is O=C(Nc1ccc(Cl)c(Br)c1)c1cccn1CC(F)(F)F. The van der Waals surface area contributed by atoms with Crippen molar-refractivity contribution in [2.75, 3.05) is 5.32 Å². The molecule has 2 aromatic rings. The summed E-state index contributed by atoms with van der Waals surface area (Å²) in [6, 6.07) is 7.40. The van der Waals surface area contributed by atoms with Crippen LogP contribution in [-0.2, 0) is 6.54 Å². The number of carbonyl (C=O) groups is 1. The van der Waals surface area contributed by atoms with Gasteiger partial charge in [-0.1, -0.05) is 11.6 Å². The van der Waals surface area contributed by atoms with Crippen molar-refractivity contribution < 1.29 is 18.0 Å². The van der Waals surface area contributed by atoms with Crippen molar-refractivity contribution in [1.29, 1.82) is 0 Å². The fourth-order valence-corrected chi connectivity index (χ4v) is 2.22. The molecule has 21 heavy (non-hydrogen) atoms. The highest BCUT2D eigenvalue weighted by Crippen LogP contribution is 2.26. The van der Waals surface area contributed by atoms with Crippen molar-refractivity contribution in [2.45, 2.75) is 12.7 Å². The van der Waals surface area contributed by atoms with Crippen molar-refractivity contribution in [3.8, 4) is 0 Å². The number of benzene rings is 1. The third kappa shape index (κ3) is 4.25. The van der Waals surface area contributed by atoms with E-state index in [1.54, 1.807) is 18.2 Å². The minimum absolute atomic E-state index is 0.0709. The van der Waals surface area contributed by atoms with Gasteiger partial charge in [-0.2, -0.15) is 13.2 Å². The number of amides is 1. The predicted octanol–water partition coefficient (Wildman–Crippen LogP) is 4.72. The zero-order valence-corrected chi connectivity index (χ0v) is 12.8. The molecule has 0 aliphatic heterocycles. The van der Waals surface area contributed by atoms with Crippen molar-refractivity contribution in [3.63, 3.8) is 0 Å². The first kappa shape index (κ1) is 15.9. The minimum Gasteiger partial charge on any atom is -0.334 e. The van der Waals surface area contributed by atoms with Gasteiger partial charge in [0, 0.05) is 16.4 Å². The highest BCUT2D eigenvalue weighted by molar-refractivity contribution is 9.10. The lowest BCUT2D eigenvalue weighted by Gasteiger charge is -2.12. The number of hydrogen-bond acceptors (Lipinski definition) is 1. The molecule has 0 aliphatic rings. The summed E-state index contributed by atoms with van der Waals surface area (Å²) in [5.41, 5.74) is 0.356. The first-order valence-electron chi connectivity index (χ1n) is 5.74. The number of halogens is 5. The largest absolute Gasteiger partial charge is 0.406 e. The van der Waals surface area contributed by atoms with Crippen LogP contribution in [0.1, 0.15) is 10.5 Å². The summed E-state index contributed by atoms with van der Waals surface area (Å²) in [5, 5.41) is 2.99. The molecule has 1 amide bonds. The molecule has 0 spiro atoms. The van der Waals surface area contributed by atoms with Gasteiger partial charge < -0.3 is 9.88 Å². The van der Waals surface area contributed by atoms with Gasteiger partial charge in [0.15, 0.2) is 0 Å². The second-order valence-corrected chi connectivity index (χ2v) is 5.48. The zero-order valence-electron chi connectivity index (χ0n) is 10.4. The Hall–Kier alpha value is -1.47. The Labute approximate surface area is 131 Å². The van der Waals surface area contributed by atoms with Gasteiger partial charge in [-0.15, -0.1) is 0 Å². The fraction of sp³-hybridized carbons (Fsp3) is 0.154. The molecule has 0 unspecified atom stereocenters. The van der Waals surface area contributed by atoms with E-state index in [0.29, 0.717) is 15.2 Å². The zero-order chi connectivity index (χ0) is 15.6. The normalized spacial score (nSPS) is 11.5. The van der Waals surface area contributed by atoms with Crippen LogP contribution in [0.4, 0.5) is 18.9 Å². The van der Waals surface area contributed by atoms with Gasteiger partial charge in [-0.05, 0) is 46.3 Å². The van der Waals surface area contributed by atoms with E-state index in [-0.39, 0.29) is 5.69 Å². The summed E-state index contributed by atoms with van der Waals surface area (Å²) < 4.78 is 38.7. The number of anilines is 1. The number of hydrogen-bond donors (Lipinski definition) is 1. The topological polar surface area (TPSA) is 34.0 Å². The van der Waals surface area contributed by atoms with Crippen LogP contribution in [0.15, 0.2) is 41.0 Å². The van der Waals surface area contributed by atoms with Crippen LogP contribution in [0, 0.1) is 0 Å². The quantitative estimate of drug-likeness (QED) is 0.820. The summed E-state index contributed by atoms with van der Waals surface area (Å²) >= 11 is 9.03. The highest BCUT2D eigenvalue weighted by Gasteiger charge is 2.29. The molecule has 1 aromatic carbocycles. The average molecular weight is 382 g/mol. The van der Waals surface area contributed by atoms with Gasteiger partial charge in [-0.3, -0.25) is 4.79 Å². The number of aromatic nitrogens is 1. The summed E-state index contributed by atoms with van der Waals surface area (Å²) in [6.07, 6.45) is -3.18. The van der Waals surface area contributed by atoms with Gasteiger partial charge >= 0.3 is 6.18 Å². The first-order chi connectivity index (χ1) is 9.76. The van der Waals surface area contributed by atoms with E-state index in [4.69, 9.17) is 11.6 Å². The third-order valence-corrected chi connectivity index (χ3v) is 3.80. The molecule has 0 radical (unpaired) electrons. The Bertz CT molecular complexity index is 670. The second-order valence-electron chi connectivity index (χ2n) is 4.22. The summed E-state index contributed by atoms with van der Waals surface area (Å²) in [4.78, 5) is 12.0. The molecule has 1 aromatic heterocycles. The first-order valence-corrected chi connectivity index (χ1v) is 6.91. The Kier molecular flexibility index (Phi) is 4.63. The smallest absolute Gasteiger partial charge is 0.334 e. The standard InChI is InChI=1S/C13H9BrClF3N2O/c14-9-6-8(3-4-10(9)15)19-12(21)11-2-1-5-20(11)7-13(16,17)18/h1-6H,7H2,(H,19,21). The van der Waals surface area contributed by atoms with Crippen molar-refractivity contribution >= 4 is 39.1 Å². The number of nitrogens with zero attached hydrogens (tertiary/aromatic N) is 1. The summed E-state index contributed by atoms with van der Waals surface area (Å²) in [5.74, 6) is -0.626. The lowest BCUT2D eigenvalue weighted by atomic mass is 10.3. The molecule has 112 valence electrons. The predicted molar refractivity (Wildman–Crippen MR) is 77.6 cm³/mol. The number of rotatable bonds is 3. The molecular weight excluding hydrogens is 373 g/mol. The Morgan fingerprint density at radius 1 is 1.33 bits per heavy atom. The Balaban J connectivity index is 2.17. The van der Waals surface area contributed by atoms with Crippen molar-refractivity contribution in [3.05, 3.63) is 51.7 Å². The molecule has 0 atom stereocenters. The molecule has 8 heteroatoms. The molecular formula is C13H9BrClF3N2O. The van der Waals surface area contributed by atoms with Crippen LogP contribution < -0.4 is 5.32 Å². The lowest BCUT2D eigenvalue weighted by Crippen LogP contribution is -2.23. The van der Waals surface area contributed by atoms with Crippen LogP contribution >= 0.6 is 27.5 Å². The van der Waals surface area contributed by atoms with Gasteiger partial charge in [0.25, 0.3) is 5.91 Å². The van der Waals surface area contributed by atoms with Crippen molar-refractivity contribution in [2.24, 2.45) is 0 Å². The van der Waals surface area contributed by atoms with E-state index in [1.807, 2.05) is 0 Å². The molecule has 1 N–H and O–H groups in total. The fourth-order valence-electron chi connectivity index (χ4n) is 1.72. The molecule has 0 saturated carbocycles. The van der Waals surface area contributed by atoms with Gasteiger partial charge in [0.05, 0.1) is 5.02 Å². The molecule has 0 fully saturated rings. The average Bonchev–Trinajstić information content (AvgIpc) is 2.79. The van der Waals surface area contributed by atoms with Crippen LogP contribution in [0.3, 0.4) is 0 Å². The van der Waals surface area contributed by atoms with Gasteiger partial charge in [0.1, 0.15) is 12.2 Å². The van der Waals surface area contributed by atoms with E-state index in [0.717, 1.165) is 4.57 Å². The van der Waals surface area contributed by atoms with E-state index in [2.05, 4.69) is 21.2 Å². The van der Waals surface area contributed by atoms with E-state index in [1.165, 1.54) is 18.3 Å². The van der Waals surface area contributed by atoms with Crippen LogP contribution in [0.2, 0.25) is 5.02 Å². The monoisotopic (exact) mass is 380 g/mol. The lowest BCUT2D eigenvalue weighted by molar-refractivity contribution is -0.140. The maximum atomic E-state index is 12.4. The molecule has 0 saturated heterocycles. The van der Waals surface area contributed by atoms with Crippen LogP contribution in [-0.4, -0.2) is 16.7 Å².